The Balaban J connectivity index is 1.96. The lowest BCUT2D eigenvalue weighted by atomic mass is 10.1. The Morgan fingerprint density at radius 3 is 2.71 bits per heavy atom. The molecular formula is C16H20N4S. The van der Waals surface area contributed by atoms with Gasteiger partial charge in [-0.3, -0.25) is 0 Å². The summed E-state index contributed by atoms with van der Waals surface area (Å²) in [6, 6.07) is 12.5. The van der Waals surface area contributed by atoms with E-state index in [0.717, 1.165) is 42.5 Å². The van der Waals surface area contributed by atoms with Crippen LogP contribution >= 0.6 is 11.8 Å². The molecule has 0 aliphatic rings. The first-order valence-electron chi connectivity index (χ1n) is 7.31. The molecule has 110 valence electrons. The monoisotopic (exact) mass is 300 g/mol. The minimum atomic E-state index is 0.639. The number of benzene rings is 1. The molecule has 0 amide bonds. The zero-order valence-electron chi connectivity index (χ0n) is 12.3. The summed E-state index contributed by atoms with van der Waals surface area (Å²) in [7, 11) is 0. The van der Waals surface area contributed by atoms with E-state index in [1.807, 2.05) is 18.2 Å². The number of nitriles is 1. The van der Waals surface area contributed by atoms with Gasteiger partial charge in [-0.2, -0.15) is 5.26 Å². The van der Waals surface area contributed by atoms with Crippen molar-refractivity contribution in [1.82, 2.24) is 14.8 Å². The van der Waals surface area contributed by atoms with Gasteiger partial charge in [0.1, 0.15) is 5.82 Å². The van der Waals surface area contributed by atoms with E-state index >= 15 is 0 Å². The molecule has 0 atom stereocenters. The third kappa shape index (κ3) is 4.61. The van der Waals surface area contributed by atoms with Crippen molar-refractivity contribution in [2.75, 3.05) is 5.75 Å². The predicted molar refractivity (Wildman–Crippen MR) is 85.1 cm³/mol. The van der Waals surface area contributed by atoms with Crippen LogP contribution in [0.2, 0.25) is 0 Å². The van der Waals surface area contributed by atoms with Crippen LogP contribution < -0.4 is 0 Å². The number of nitrogens with zero attached hydrogens (tertiary/aromatic N) is 4. The van der Waals surface area contributed by atoms with Crippen molar-refractivity contribution in [1.29, 1.82) is 5.26 Å². The Hall–Kier alpha value is -1.80. The topological polar surface area (TPSA) is 54.5 Å². The summed E-state index contributed by atoms with van der Waals surface area (Å²) in [5.74, 6) is 2.01. The van der Waals surface area contributed by atoms with Gasteiger partial charge in [0, 0.05) is 25.1 Å². The summed E-state index contributed by atoms with van der Waals surface area (Å²) in [6.45, 7) is 3.01. The number of rotatable bonds is 8. The van der Waals surface area contributed by atoms with Crippen LogP contribution in [0.5, 0.6) is 0 Å². The smallest absolute Gasteiger partial charge is 0.191 e. The second kappa shape index (κ2) is 8.48. The first-order valence-corrected chi connectivity index (χ1v) is 8.29. The van der Waals surface area contributed by atoms with Crippen molar-refractivity contribution in [3.8, 4) is 6.07 Å². The third-order valence-corrected chi connectivity index (χ3v) is 4.28. The van der Waals surface area contributed by atoms with Crippen LogP contribution in [0.15, 0.2) is 35.5 Å². The van der Waals surface area contributed by atoms with Crippen LogP contribution in [0.4, 0.5) is 0 Å². The molecule has 1 aromatic carbocycles. The Morgan fingerprint density at radius 2 is 2.00 bits per heavy atom. The van der Waals surface area contributed by atoms with Gasteiger partial charge in [0.05, 0.1) is 6.07 Å². The van der Waals surface area contributed by atoms with E-state index in [1.165, 1.54) is 5.56 Å². The summed E-state index contributed by atoms with van der Waals surface area (Å²) in [5, 5.41) is 18.2. The summed E-state index contributed by atoms with van der Waals surface area (Å²) in [6.07, 6.45) is 3.46. The molecule has 1 aromatic heterocycles. The van der Waals surface area contributed by atoms with Gasteiger partial charge in [-0.25, -0.2) is 0 Å². The number of aromatic nitrogens is 3. The maximum Gasteiger partial charge on any atom is 0.191 e. The Kier molecular flexibility index (Phi) is 6.29. The summed E-state index contributed by atoms with van der Waals surface area (Å²) in [5.41, 5.74) is 1.25. The molecule has 21 heavy (non-hydrogen) atoms. The Bertz CT molecular complexity index is 586. The molecule has 0 saturated heterocycles. The predicted octanol–water partition coefficient (Wildman–Crippen LogP) is 3.67. The van der Waals surface area contributed by atoms with E-state index in [1.54, 1.807) is 11.8 Å². The van der Waals surface area contributed by atoms with Crippen LogP contribution in [0.3, 0.4) is 0 Å². The van der Waals surface area contributed by atoms with E-state index in [-0.39, 0.29) is 0 Å². The van der Waals surface area contributed by atoms with Crippen LogP contribution in [0, 0.1) is 11.3 Å². The van der Waals surface area contributed by atoms with Crippen LogP contribution in [0.25, 0.3) is 0 Å². The fourth-order valence-corrected chi connectivity index (χ4v) is 3.14. The van der Waals surface area contributed by atoms with E-state index in [0.29, 0.717) is 6.42 Å². The largest absolute Gasteiger partial charge is 0.306 e. The summed E-state index contributed by atoms with van der Waals surface area (Å²) >= 11 is 1.73. The minimum Gasteiger partial charge on any atom is -0.306 e. The summed E-state index contributed by atoms with van der Waals surface area (Å²) in [4.78, 5) is 0. The molecule has 4 nitrogen and oxygen atoms in total. The first kappa shape index (κ1) is 15.6. The number of unbranched alkanes of at least 4 members (excludes halogenated alkanes) is 2. The lowest BCUT2D eigenvalue weighted by molar-refractivity contribution is 0.650. The molecule has 0 unspecified atom stereocenters. The number of thioether (sulfide) groups is 1. The summed E-state index contributed by atoms with van der Waals surface area (Å²) < 4.78 is 2.18. The Morgan fingerprint density at radius 1 is 1.19 bits per heavy atom. The van der Waals surface area contributed by atoms with Crippen molar-refractivity contribution in [3.05, 3.63) is 41.7 Å². The standard InChI is InChI=1S/C16H20N4S/c1-2-20-15(13-14-9-5-3-6-10-14)18-19-16(20)21-12-8-4-7-11-17/h3,5-6,9-10H,2,4,7-8,12-13H2,1H3. The fraction of sp³-hybridized carbons (Fsp3) is 0.438. The average Bonchev–Trinajstić information content (AvgIpc) is 2.90. The lowest BCUT2D eigenvalue weighted by Gasteiger charge is -2.07. The number of hydrogen-bond acceptors (Lipinski definition) is 4. The molecule has 0 aliphatic carbocycles. The lowest BCUT2D eigenvalue weighted by Crippen LogP contribution is -2.04. The van der Waals surface area contributed by atoms with Crippen molar-refractivity contribution in [2.45, 2.75) is 44.3 Å². The molecule has 0 saturated carbocycles. The maximum absolute atomic E-state index is 8.53. The number of hydrogen-bond donors (Lipinski definition) is 0. The average molecular weight is 300 g/mol. The molecule has 2 rings (SSSR count). The van der Waals surface area contributed by atoms with Crippen molar-refractivity contribution < 1.29 is 0 Å². The minimum absolute atomic E-state index is 0.639. The highest BCUT2D eigenvalue weighted by molar-refractivity contribution is 7.99. The fourth-order valence-electron chi connectivity index (χ4n) is 2.12. The SMILES string of the molecule is CCn1c(Cc2ccccc2)nnc1SCCCCC#N. The second-order valence-corrected chi connectivity index (χ2v) is 5.83. The molecule has 0 fully saturated rings. The zero-order valence-corrected chi connectivity index (χ0v) is 13.1. The van der Waals surface area contributed by atoms with Gasteiger partial charge in [-0.05, 0) is 25.3 Å². The van der Waals surface area contributed by atoms with Gasteiger partial charge in [0.15, 0.2) is 5.16 Å². The van der Waals surface area contributed by atoms with E-state index in [4.69, 9.17) is 5.26 Å². The zero-order chi connectivity index (χ0) is 14.9. The van der Waals surface area contributed by atoms with Gasteiger partial charge in [-0.15, -0.1) is 10.2 Å². The van der Waals surface area contributed by atoms with Gasteiger partial charge in [0.2, 0.25) is 0 Å². The molecule has 0 radical (unpaired) electrons. The van der Waals surface area contributed by atoms with E-state index in [2.05, 4.69) is 39.9 Å². The Labute approximate surface area is 130 Å². The van der Waals surface area contributed by atoms with Gasteiger partial charge < -0.3 is 4.57 Å². The first-order chi connectivity index (χ1) is 10.3. The molecule has 0 aliphatic heterocycles. The molecule has 0 bridgehead atoms. The van der Waals surface area contributed by atoms with Gasteiger partial charge in [-0.1, -0.05) is 42.1 Å². The van der Waals surface area contributed by atoms with Crippen LogP contribution in [0.1, 0.15) is 37.6 Å². The van der Waals surface area contributed by atoms with E-state index < -0.39 is 0 Å². The van der Waals surface area contributed by atoms with Crippen LogP contribution in [-0.2, 0) is 13.0 Å². The van der Waals surface area contributed by atoms with Gasteiger partial charge in [0.25, 0.3) is 0 Å². The molecule has 2 aromatic rings. The third-order valence-electron chi connectivity index (χ3n) is 3.23. The molecular weight excluding hydrogens is 280 g/mol. The molecule has 0 spiro atoms. The van der Waals surface area contributed by atoms with Crippen molar-refractivity contribution >= 4 is 11.8 Å². The van der Waals surface area contributed by atoms with Crippen molar-refractivity contribution in [3.63, 3.8) is 0 Å². The highest BCUT2D eigenvalue weighted by atomic mass is 32.2. The van der Waals surface area contributed by atoms with Gasteiger partial charge >= 0.3 is 0 Å². The molecule has 5 heteroatoms. The normalized spacial score (nSPS) is 10.5. The molecule has 1 heterocycles. The quantitative estimate of drug-likeness (QED) is 0.551. The second-order valence-electron chi connectivity index (χ2n) is 4.77. The maximum atomic E-state index is 8.53. The highest BCUT2D eigenvalue weighted by Gasteiger charge is 2.11. The van der Waals surface area contributed by atoms with Crippen LogP contribution in [-0.4, -0.2) is 20.5 Å². The van der Waals surface area contributed by atoms with E-state index in [9.17, 15) is 0 Å². The molecule has 0 N–H and O–H groups in total. The van der Waals surface area contributed by atoms with Crippen molar-refractivity contribution in [2.24, 2.45) is 0 Å². The highest BCUT2D eigenvalue weighted by Crippen LogP contribution is 2.20.